The number of hydrogen-bond donors (Lipinski definition) is 3. The van der Waals surface area contributed by atoms with Crippen LogP contribution in [-0.2, 0) is 9.59 Å². The van der Waals surface area contributed by atoms with E-state index in [0.29, 0.717) is 35.1 Å². The number of H-pyrrole nitrogens is 1. The quantitative estimate of drug-likeness (QED) is 0.193. The molecule has 1 saturated heterocycles. The van der Waals surface area contributed by atoms with Crippen molar-refractivity contribution >= 4 is 28.7 Å². The second kappa shape index (κ2) is 11.9. The average molecular weight is 566 g/mol. The smallest absolute Gasteiger partial charge is 0.243 e. The van der Waals surface area contributed by atoms with Gasteiger partial charge >= 0.3 is 0 Å². The summed E-state index contributed by atoms with van der Waals surface area (Å²) in [4.78, 5) is 36.7. The number of benzene rings is 3. The summed E-state index contributed by atoms with van der Waals surface area (Å²) in [7, 11) is 0. The number of fused-ring (bicyclic) bond motifs is 1. The highest BCUT2D eigenvalue weighted by molar-refractivity contribution is 5.91. The lowest BCUT2D eigenvalue weighted by Crippen LogP contribution is -2.44. The first-order valence-electron chi connectivity index (χ1n) is 14.2. The molecule has 0 radical (unpaired) electrons. The molecule has 42 heavy (non-hydrogen) atoms. The van der Waals surface area contributed by atoms with Crippen molar-refractivity contribution < 1.29 is 18.4 Å². The summed E-state index contributed by atoms with van der Waals surface area (Å²) in [6.45, 7) is 2.42. The average Bonchev–Trinajstić information content (AvgIpc) is 3.77. The Morgan fingerprint density at radius 1 is 1.07 bits per heavy atom. The Morgan fingerprint density at radius 3 is 2.64 bits per heavy atom. The highest BCUT2D eigenvalue weighted by atomic mass is 19.1. The molecule has 2 aromatic heterocycles. The fourth-order valence-electron chi connectivity index (χ4n) is 5.57. The van der Waals surface area contributed by atoms with E-state index in [1.807, 2.05) is 65.6 Å². The summed E-state index contributed by atoms with van der Waals surface area (Å²) in [6, 6.07) is 24.3. The first-order chi connectivity index (χ1) is 20.5. The second-order valence-corrected chi connectivity index (χ2v) is 10.6. The van der Waals surface area contributed by atoms with Gasteiger partial charge in [-0.1, -0.05) is 60.7 Å². The molecule has 5 aromatic rings. The molecule has 1 aliphatic rings. The number of carbonyl (C=O) groups excluding carboxylic acids is 2. The van der Waals surface area contributed by atoms with Crippen LogP contribution in [0.1, 0.15) is 49.7 Å². The Morgan fingerprint density at radius 2 is 1.83 bits per heavy atom. The zero-order valence-corrected chi connectivity index (χ0v) is 23.2. The van der Waals surface area contributed by atoms with Crippen molar-refractivity contribution in [3.63, 3.8) is 0 Å². The largest absolute Gasteiger partial charge is 0.441 e. The van der Waals surface area contributed by atoms with Gasteiger partial charge in [0.15, 0.2) is 5.88 Å². The van der Waals surface area contributed by atoms with Gasteiger partial charge in [-0.2, -0.15) is 0 Å². The molecule has 9 heteroatoms. The zero-order valence-electron chi connectivity index (χ0n) is 23.2. The number of anilines is 1. The lowest BCUT2D eigenvalue weighted by Gasteiger charge is -2.27. The summed E-state index contributed by atoms with van der Waals surface area (Å²) in [5, 5.41) is 7.02. The number of halogens is 1. The van der Waals surface area contributed by atoms with E-state index >= 15 is 0 Å². The standard InChI is InChI=1S/C33H32FN5O3/c1-21(32-35-20-27(38-32)24-13-6-7-14-25(24)34)36-33(41)26(37-30-18-23-12-5-8-16-29(23)42-30)19-31(40)39-17-9-15-28(39)22-10-3-2-4-11-22/h2-8,10-14,16,18,20-21,26,28,37H,9,15,17,19H2,1H3,(H,35,38)(H,36,41)/t21-,26-,28+/m0/s1. The van der Waals surface area contributed by atoms with E-state index in [0.717, 1.165) is 23.8 Å². The van der Waals surface area contributed by atoms with Gasteiger partial charge in [-0.05, 0) is 43.5 Å². The first kappa shape index (κ1) is 27.3. The molecule has 6 rings (SSSR count). The van der Waals surface area contributed by atoms with Crippen LogP contribution < -0.4 is 10.6 Å². The van der Waals surface area contributed by atoms with Crippen molar-refractivity contribution in [3.8, 4) is 11.3 Å². The molecule has 1 fully saturated rings. The number of carbonyl (C=O) groups is 2. The van der Waals surface area contributed by atoms with Crippen LogP contribution in [0.4, 0.5) is 10.3 Å². The minimum Gasteiger partial charge on any atom is -0.441 e. The third kappa shape index (κ3) is 5.76. The van der Waals surface area contributed by atoms with E-state index in [-0.39, 0.29) is 30.1 Å². The van der Waals surface area contributed by atoms with Gasteiger partial charge in [-0.15, -0.1) is 0 Å². The number of likely N-dealkylation sites (tertiary alicyclic amines) is 1. The molecular weight excluding hydrogens is 533 g/mol. The maximum Gasteiger partial charge on any atom is 0.243 e. The topological polar surface area (TPSA) is 103 Å². The monoisotopic (exact) mass is 565 g/mol. The van der Waals surface area contributed by atoms with E-state index < -0.39 is 12.1 Å². The molecule has 3 N–H and O–H groups in total. The van der Waals surface area contributed by atoms with Gasteiger partial charge in [0.2, 0.25) is 11.8 Å². The predicted molar refractivity (Wildman–Crippen MR) is 159 cm³/mol. The van der Waals surface area contributed by atoms with Gasteiger partial charge in [-0.25, -0.2) is 9.37 Å². The van der Waals surface area contributed by atoms with Crippen molar-refractivity contribution in [3.05, 3.63) is 108 Å². The highest BCUT2D eigenvalue weighted by Crippen LogP contribution is 2.33. The molecule has 0 bridgehead atoms. The number of imidazole rings is 1. The van der Waals surface area contributed by atoms with Gasteiger partial charge < -0.3 is 24.9 Å². The molecule has 0 saturated carbocycles. The number of para-hydroxylation sites is 1. The Bertz CT molecular complexity index is 1670. The van der Waals surface area contributed by atoms with E-state index in [9.17, 15) is 14.0 Å². The normalized spacial score (nSPS) is 16.3. The number of nitrogens with zero attached hydrogens (tertiary/aromatic N) is 2. The third-order valence-electron chi connectivity index (χ3n) is 7.72. The van der Waals surface area contributed by atoms with Crippen molar-refractivity contribution in [2.24, 2.45) is 0 Å². The maximum absolute atomic E-state index is 14.3. The molecule has 0 unspecified atom stereocenters. The number of amides is 2. The van der Waals surface area contributed by atoms with Crippen molar-refractivity contribution in [2.75, 3.05) is 11.9 Å². The SMILES string of the molecule is C[C@H](NC(=O)[C@H](CC(=O)N1CCC[C@@H]1c1ccccc1)Nc1cc2ccccc2o1)c1ncc(-c2ccccc2F)[nH]1. The van der Waals surface area contributed by atoms with Crippen molar-refractivity contribution in [1.82, 2.24) is 20.2 Å². The van der Waals surface area contributed by atoms with Crippen LogP contribution in [0.3, 0.4) is 0 Å². The first-order valence-corrected chi connectivity index (χ1v) is 14.2. The van der Waals surface area contributed by atoms with Crippen LogP contribution >= 0.6 is 0 Å². The number of hydrogen-bond acceptors (Lipinski definition) is 5. The summed E-state index contributed by atoms with van der Waals surface area (Å²) in [6.07, 6.45) is 3.27. The molecule has 214 valence electrons. The van der Waals surface area contributed by atoms with Crippen LogP contribution in [0.2, 0.25) is 0 Å². The molecule has 3 aromatic carbocycles. The lowest BCUT2D eigenvalue weighted by molar-refractivity contribution is -0.135. The summed E-state index contributed by atoms with van der Waals surface area (Å²) in [5.41, 5.74) is 2.67. The number of aromatic amines is 1. The van der Waals surface area contributed by atoms with E-state index in [1.54, 1.807) is 31.3 Å². The number of furan rings is 1. The van der Waals surface area contributed by atoms with Crippen LogP contribution in [-0.4, -0.2) is 39.3 Å². The fourth-order valence-corrected chi connectivity index (χ4v) is 5.57. The molecule has 2 amide bonds. The molecule has 3 heterocycles. The molecular formula is C33H32FN5O3. The Balaban J connectivity index is 1.21. The zero-order chi connectivity index (χ0) is 29.1. The van der Waals surface area contributed by atoms with E-state index in [4.69, 9.17) is 4.42 Å². The van der Waals surface area contributed by atoms with Crippen molar-refractivity contribution in [2.45, 2.75) is 44.3 Å². The van der Waals surface area contributed by atoms with Crippen molar-refractivity contribution in [1.29, 1.82) is 0 Å². The van der Waals surface area contributed by atoms with E-state index in [2.05, 4.69) is 20.6 Å². The lowest BCUT2D eigenvalue weighted by atomic mass is 10.0. The minimum absolute atomic E-state index is 0.0209. The van der Waals surface area contributed by atoms with Gasteiger partial charge in [0, 0.05) is 23.6 Å². The van der Waals surface area contributed by atoms with Gasteiger partial charge in [0.25, 0.3) is 0 Å². The third-order valence-corrected chi connectivity index (χ3v) is 7.72. The maximum atomic E-state index is 14.3. The molecule has 0 spiro atoms. The van der Waals surface area contributed by atoms with Gasteiger partial charge in [0.05, 0.1) is 30.4 Å². The highest BCUT2D eigenvalue weighted by Gasteiger charge is 2.33. The van der Waals surface area contributed by atoms with Crippen LogP contribution in [0, 0.1) is 5.82 Å². The second-order valence-electron chi connectivity index (χ2n) is 10.6. The number of rotatable bonds is 9. The Labute approximate surface area is 242 Å². The van der Waals surface area contributed by atoms with Crippen LogP contribution in [0.5, 0.6) is 0 Å². The van der Waals surface area contributed by atoms with Crippen LogP contribution in [0.25, 0.3) is 22.2 Å². The summed E-state index contributed by atoms with van der Waals surface area (Å²) >= 11 is 0. The van der Waals surface area contributed by atoms with Gasteiger partial charge in [0.1, 0.15) is 23.3 Å². The fraction of sp³-hybridized carbons (Fsp3) is 0.242. The van der Waals surface area contributed by atoms with Crippen LogP contribution in [0.15, 0.2) is 95.5 Å². The van der Waals surface area contributed by atoms with E-state index in [1.165, 1.54) is 6.07 Å². The number of aromatic nitrogens is 2. The predicted octanol–water partition coefficient (Wildman–Crippen LogP) is 6.37. The Hall–Kier alpha value is -4.92. The molecule has 0 aliphatic carbocycles. The number of nitrogens with one attached hydrogen (secondary N) is 3. The van der Waals surface area contributed by atoms with Gasteiger partial charge in [-0.3, -0.25) is 9.59 Å². The molecule has 1 aliphatic heterocycles. The molecule has 8 nitrogen and oxygen atoms in total. The Kier molecular flexibility index (Phi) is 7.72. The minimum atomic E-state index is -0.904. The summed E-state index contributed by atoms with van der Waals surface area (Å²) in [5.74, 6) is 0.0127. The molecule has 3 atom stereocenters. The summed E-state index contributed by atoms with van der Waals surface area (Å²) < 4.78 is 20.2.